The number of piperidine rings is 1. The van der Waals surface area contributed by atoms with E-state index in [2.05, 4.69) is 20.9 Å². The SMILES string of the molecule is O=C1NCc2c(Cl)ccc(-c3cc4cc(NC(=O)C5CCNCC5)ccc4[nH]3)c21. The van der Waals surface area contributed by atoms with Gasteiger partial charge in [0.15, 0.2) is 0 Å². The molecule has 2 aliphatic rings. The summed E-state index contributed by atoms with van der Waals surface area (Å²) in [6.07, 6.45) is 1.73. The summed E-state index contributed by atoms with van der Waals surface area (Å²) in [5.41, 5.74) is 4.88. The third kappa shape index (κ3) is 3.28. The molecule has 0 bridgehead atoms. The number of carbonyl (C=O) groups is 2. The van der Waals surface area contributed by atoms with Crippen molar-refractivity contribution in [2.75, 3.05) is 18.4 Å². The highest BCUT2D eigenvalue weighted by Crippen LogP contribution is 2.35. The smallest absolute Gasteiger partial charge is 0.252 e. The van der Waals surface area contributed by atoms with Crippen LogP contribution in [0.1, 0.15) is 28.8 Å². The minimum Gasteiger partial charge on any atom is -0.355 e. The van der Waals surface area contributed by atoms with E-state index >= 15 is 0 Å². The third-order valence-electron chi connectivity index (χ3n) is 5.80. The number of nitrogens with one attached hydrogen (secondary N) is 4. The van der Waals surface area contributed by atoms with Gasteiger partial charge in [-0.3, -0.25) is 9.59 Å². The van der Waals surface area contributed by atoms with Gasteiger partial charge in [0.05, 0.1) is 5.56 Å². The number of carbonyl (C=O) groups excluding carboxylic acids is 2. The van der Waals surface area contributed by atoms with Gasteiger partial charge in [-0.1, -0.05) is 17.7 Å². The van der Waals surface area contributed by atoms with Crippen molar-refractivity contribution in [1.82, 2.24) is 15.6 Å². The van der Waals surface area contributed by atoms with Gasteiger partial charge >= 0.3 is 0 Å². The number of hydrogen-bond acceptors (Lipinski definition) is 3. The minimum atomic E-state index is -0.105. The minimum absolute atomic E-state index is 0.0592. The fourth-order valence-corrected chi connectivity index (χ4v) is 4.44. The van der Waals surface area contributed by atoms with Crippen LogP contribution in [0.2, 0.25) is 5.02 Å². The Morgan fingerprint density at radius 2 is 1.93 bits per heavy atom. The maximum atomic E-state index is 12.5. The van der Waals surface area contributed by atoms with Gasteiger partial charge in [0.25, 0.3) is 5.91 Å². The van der Waals surface area contributed by atoms with Gasteiger partial charge < -0.3 is 20.9 Å². The van der Waals surface area contributed by atoms with E-state index in [0.29, 0.717) is 17.1 Å². The first kappa shape index (κ1) is 18.2. The van der Waals surface area contributed by atoms with Crippen molar-refractivity contribution in [1.29, 1.82) is 0 Å². The van der Waals surface area contributed by atoms with Crippen LogP contribution in [0.5, 0.6) is 0 Å². The lowest BCUT2D eigenvalue weighted by molar-refractivity contribution is -0.120. The van der Waals surface area contributed by atoms with Crippen molar-refractivity contribution < 1.29 is 9.59 Å². The van der Waals surface area contributed by atoms with Crippen LogP contribution in [0, 0.1) is 5.92 Å². The predicted octanol–water partition coefficient (Wildman–Crippen LogP) is 3.67. The molecule has 0 spiro atoms. The Hall–Kier alpha value is -2.83. The van der Waals surface area contributed by atoms with Gasteiger partial charge in [-0.25, -0.2) is 0 Å². The predicted molar refractivity (Wildman–Crippen MR) is 114 cm³/mol. The van der Waals surface area contributed by atoms with E-state index in [1.807, 2.05) is 36.4 Å². The molecule has 0 aliphatic carbocycles. The van der Waals surface area contributed by atoms with Crippen molar-refractivity contribution >= 4 is 40.0 Å². The van der Waals surface area contributed by atoms with Gasteiger partial charge in [-0.15, -0.1) is 0 Å². The molecule has 0 radical (unpaired) electrons. The molecular weight excluding hydrogens is 388 g/mol. The number of anilines is 1. The molecular formula is C22H21ClN4O2. The third-order valence-corrected chi connectivity index (χ3v) is 6.15. The lowest BCUT2D eigenvalue weighted by Gasteiger charge is -2.21. The molecule has 0 unspecified atom stereocenters. The summed E-state index contributed by atoms with van der Waals surface area (Å²) in [4.78, 5) is 28.2. The van der Waals surface area contributed by atoms with Crippen LogP contribution in [0.3, 0.4) is 0 Å². The van der Waals surface area contributed by atoms with Crippen LogP contribution in [0.15, 0.2) is 36.4 Å². The average molecular weight is 409 g/mol. The number of aromatic amines is 1. The van der Waals surface area contributed by atoms with Crippen LogP contribution in [-0.2, 0) is 11.3 Å². The molecule has 1 saturated heterocycles. The van der Waals surface area contributed by atoms with Crippen LogP contribution in [-0.4, -0.2) is 29.9 Å². The Kier molecular flexibility index (Phi) is 4.53. The summed E-state index contributed by atoms with van der Waals surface area (Å²) < 4.78 is 0. The summed E-state index contributed by atoms with van der Waals surface area (Å²) in [6, 6.07) is 11.5. The molecule has 1 fully saturated rings. The first-order chi connectivity index (χ1) is 14.1. The Balaban J connectivity index is 1.46. The number of rotatable bonds is 3. The number of H-pyrrole nitrogens is 1. The molecule has 7 heteroatoms. The molecule has 4 N–H and O–H groups in total. The zero-order chi connectivity index (χ0) is 20.0. The summed E-state index contributed by atoms with van der Waals surface area (Å²) in [6.45, 7) is 2.22. The monoisotopic (exact) mass is 408 g/mol. The van der Waals surface area contributed by atoms with Gasteiger partial charge in [-0.05, 0) is 56.3 Å². The standard InChI is InChI=1S/C22H21ClN4O2/c23-17-3-2-15(20-16(17)11-25-22(20)29)19-10-13-9-14(1-4-18(13)27-19)26-21(28)12-5-7-24-8-6-12/h1-4,9-10,12,24,27H,5-8,11H2,(H,25,29)(H,26,28). The molecule has 0 saturated carbocycles. The number of amides is 2. The van der Waals surface area contributed by atoms with E-state index < -0.39 is 0 Å². The second-order valence-electron chi connectivity index (χ2n) is 7.63. The summed E-state index contributed by atoms with van der Waals surface area (Å²) in [5, 5.41) is 10.7. The zero-order valence-electron chi connectivity index (χ0n) is 15.8. The van der Waals surface area contributed by atoms with E-state index in [9.17, 15) is 9.59 Å². The number of fused-ring (bicyclic) bond motifs is 2. The van der Waals surface area contributed by atoms with Gasteiger partial charge in [0.2, 0.25) is 5.91 Å². The topological polar surface area (TPSA) is 86.0 Å². The normalized spacial score (nSPS) is 16.7. The molecule has 3 heterocycles. The second-order valence-corrected chi connectivity index (χ2v) is 8.04. The van der Waals surface area contributed by atoms with E-state index in [1.54, 1.807) is 0 Å². The summed E-state index contributed by atoms with van der Waals surface area (Å²) in [5.74, 6) is 0.0313. The van der Waals surface area contributed by atoms with Crippen LogP contribution in [0.25, 0.3) is 22.2 Å². The molecule has 1 aromatic heterocycles. The highest BCUT2D eigenvalue weighted by atomic mass is 35.5. The molecule has 5 rings (SSSR count). The Morgan fingerprint density at radius 1 is 1.10 bits per heavy atom. The summed E-state index contributed by atoms with van der Waals surface area (Å²) >= 11 is 6.26. The molecule has 29 heavy (non-hydrogen) atoms. The first-order valence-electron chi connectivity index (χ1n) is 9.84. The van der Waals surface area contributed by atoms with Gasteiger partial charge in [-0.2, -0.15) is 0 Å². The van der Waals surface area contributed by atoms with Crippen molar-refractivity contribution in [2.45, 2.75) is 19.4 Å². The molecule has 2 amide bonds. The van der Waals surface area contributed by atoms with Crippen molar-refractivity contribution in [3.8, 4) is 11.3 Å². The number of aromatic nitrogens is 1. The molecule has 2 aliphatic heterocycles. The van der Waals surface area contributed by atoms with Crippen molar-refractivity contribution in [2.24, 2.45) is 5.92 Å². The number of halogens is 1. The fourth-order valence-electron chi connectivity index (χ4n) is 4.22. The second kappa shape index (κ2) is 7.21. The van der Waals surface area contributed by atoms with E-state index in [0.717, 1.165) is 59.3 Å². The Bertz CT molecular complexity index is 1130. The summed E-state index contributed by atoms with van der Waals surface area (Å²) in [7, 11) is 0. The highest BCUT2D eigenvalue weighted by molar-refractivity contribution is 6.32. The molecule has 0 atom stereocenters. The van der Waals surface area contributed by atoms with Crippen molar-refractivity contribution in [3.63, 3.8) is 0 Å². The van der Waals surface area contributed by atoms with Gasteiger partial charge in [0.1, 0.15) is 0 Å². The average Bonchev–Trinajstić information content (AvgIpc) is 3.33. The lowest BCUT2D eigenvalue weighted by atomic mass is 9.97. The molecule has 148 valence electrons. The van der Waals surface area contributed by atoms with Crippen LogP contribution < -0.4 is 16.0 Å². The number of benzene rings is 2. The fraction of sp³-hybridized carbons (Fsp3) is 0.273. The largest absolute Gasteiger partial charge is 0.355 e. The molecule has 2 aromatic carbocycles. The van der Waals surface area contributed by atoms with Crippen molar-refractivity contribution in [3.05, 3.63) is 52.5 Å². The first-order valence-corrected chi connectivity index (χ1v) is 10.2. The maximum absolute atomic E-state index is 12.5. The quantitative estimate of drug-likeness (QED) is 0.533. The van der Waals surface area contributed by atoms with Gasteiger partial charge in [0, 0.05) is 50.9 Å². The van der Waals surface area contributed by atoms with E-state index in [4.69, 9.17) is 11.6 Å². The van der Waals surface area contributed by atoms with Crippen LogP contribution >= 0.6 is 11.6 Å². The van der Waals surface area contributed by atoms with E-state index in [-0.39, 0.29) is 17.7 Å². The Morgan fingerprint density at radius 3 is 2.76 bits per heavy atom. The number of hydrogen-bond donors (Lipinski definition) is 4. The molecule has 6 nitrogen and oxygen atoms in total. The van der Waals surface area contributed by atoms with Crippen LogP contribution in [0.4, 0.5) is 5.69 Å². The Labute approximate surface area is 173 Å². The maximum Gasteiger partial charge on any atom is 0.252 e. The lowest BCUT2D eigenvalue weighted by Crippen LogP contribution is -2.34. The molecule has 3 aromatic rings. The zero-order valence-corrected chi connectivity index (χ0v) is 16.5. The highest BCUT2D eigenvalue weighted by Gasteiger charge is 2.26. The van der Waals surface area contributed by atoms with E-state index in [1.165, 1.54) is 0 Å².